The van der Waals surface area contributed by atoms with Gasteiger partial charge in [0.25, 0.3) is 0 Å². The summed E-state index contributed by atoms with van der Waals surface area (Å²) in [4.78, 5) is 0. The van der Waals surface area contributed by atoms with Crippen LogP contribution < -0.4 is 0 Å². The van der Waals surface area contributed by atoms with Gasteiger partial charge in [-0.15, -0.1) is 11.6 Å². The molecule has 0 radical (unpaired) electrons. The highest BCUT2D eigenvalue weighted by atomic mass is 35.5. The molecule has 0 amide bonds. The Balaban J connectivity index is 2.49. The number of hydrogen-bond donors (Lipinski definition) is 0. The third kappa shape index (κ3) is 2.08. The van der Waals surface area contributed by atoms with Crippen molar-refractivity contribution < 1.29 is 0 Å². The molecule has 84 valence electrons. The normalized spacial score (nSPS) is 10.8. The van der Waals surface area contributed by atoms with E-state index in [1.165, 1.54) is 0 Å². The molecule has 0 aliphatic carbocycles. The quantitative estimate of drug-likeness (QED) is 0.744. The van der Waals surface area contributed by atoms with Crippen molar-refractivity contribution in [3.05, 3.63) is 46.2 Å². The zero-order valence-corrected chi connectivity index (χ0v) is 10.7. The van der Waals surface area contributed by atoms with Gasteiger partial charge in [-0.2, -0.15) is 5.10 Å². The molecule has 2 nitrogen and oxygen atoms in total. The molecule has 0 N–H and O–H groups in total. The molecule has 4 heteroatoms. The first kappa shape index (κ1) is 11.5. The van der Waals surface area contributed by atoms with Crippen LogP contribution >= 0.6 is 23.2 Å². The predicted octanol–water partition coefficient (Wildman–Crippen LogP) is 3.88. The summed E-state index contributed by atoms with van der Waals surface area (Å²) in [6, 6.07) is 7.87. The molecule has 0 aliphatic heterocycles. The molecule has 1 heterocycles. The van der Waals surface area contributed by atoms with E-state index in [9.17, 15) is 0 Å². The van der Waals surface area contributed by atoms with Gasteiger partial charge in [0.2, 0.25) is 0 Å². The van der Waals surface area contributed by atoms with E-state index >= 15 is 0 Å². The van der Waals surface area contributed by atoms with Crippen LogP contribution in [-0.2, 0) is 5.88 Å². The predicted molar refractivity (Wildman–Crippen MR) is 67.6 cm³/mol. The zero-order valence-electron chi connectivity index (χ0n) is 9.17. The zero-order chi connectivity index (χ0) is 11.7. The van der Waals surface area contributed by atoms with Crippen LogP contribution in [0.4, 0.5) is 0 Å². The van der Waals surface area contributed by atoms with Crippen molar-refractivity contribution in [2.75, 3.05) is 0 Å². The van der Waals surface area contributed by atoms with E-state index in [0.717, 1.165) is 27.7 Å². The molecule has 0 unspecified atom stereocenters. The Hall–Kier alpha value is -0.990. The maximum atomic E-state index is 6.09. The summed E-state index contributed by atoms with van der Waals surface area (Å²) in [7, 11) is 0. The van der Waals surface area contributed by atoms with Crippen molar-refractivity contribution in [2.45, 2.75) is 19.7 Å². The fraction of sp³-hybridized carbons (Fsp3) is 0.250. The number of benzene rings is 1. The van der Waals surface area contributed by atoms with Crippen LogP contribution in [0.25, 0.3) is 5.69 Å². The van der Waals surface area contributed by atoms with Crippen LogP contribution in [0.2, 0.25) is 5.02 Å². The Bertz CT molecular complexity index is 518. The van der Waals surface area contributed by atoms with Crippen LogP contribution in [0.3, 0.4) is 0 Å². The highest BCUT2D eigenvalue weighted by Crippen LogP contribution is 2.20. The average Bonchev–Trinajstić information content (AvgIpc) is 2.64. The molecule has 0 bridgehead atoms. The van der Waals surface area contributed by atoms with Gasteiger partial charge in [0, 0.05) is 10.7 Å². The Labute approximate surface area is 105 Å². The van der Waals surface area contributed by atoms with Gasteiger partial charge >= 0.3 is 0 Å². The first-order valence-electron chi connectivity index (χ1n) is 5.00. The Kier molecular flexibility index (Phi) is 3.22. The van der Waals surface area contributed by atoms with E-state index in [1.807, 2.05) is 42.8 Å². The van der Waals surface area contributed by atoms with Gasteiger partial charge in [-0.3, -0.25) is 0 Å². The lowest BCUT2D eigenvalue weighted by atomic mass is 10.2. The average molecular weight is 255 g/mol. The number of alkyl halides is 1. The summed E-state index contributed by atoms with van der Waals surface area (Å²) < 4.78 is 1.85. The number of hydrogen-bond acceptors (Lipinski definition) is 1. The summed E-state index contributed by atoms with van der Waals surface area (Å²) >= 11 is 11.8. The van der Waals surface area contributed by atoms with E-state index in [4.69, 9.17) is 23.2 Å². The topological polar surface area (TPSA) is 17.8 Å². The molecule has 1 aromatic carbocycles. The van der Waals surface area contributed by atoms with Crippen molar-refractivity contribution >= 4 is 23.2 Å². The molecule has 16 heavy (non-hydrogen) atoms. The second-order valence-corrected chi connectivity index (χ2v) is 4.43. The lowest BCUT2D eigenvalue weighted by molar-refractivity contribution is 0.830. The van der Waals surface area contributed by atoms with E-state index in [2.05, 4.69) is 5.10 Å². The van der Waals surface area contributed by atoms with E-state index in [1.54, 1.807) is 0 Å². The molecular formula is C12H12Cl2N2. The van der Waals surface area contributed by atoms with Crippen LogP contribution in [0.15, 0.2) is 24.3 Å². The fourth-order valence-electron chi connectivity index (χ4n) is 1.58. The SMILES string of the molecule is Cc1ccc(-n2nc(CCl)cc2C)cc1Cl. The Morgan fingerprint density at radius 3 is 2.56 bits per heavy atom. The van der Waals surface area contributed by atoms with Crippen LogP contribution in [0, 0.1) is 13.8 Å². The van der Waals surface area contributed by atoms with Gasteiger partial charge in [-0.05, 0) is 37.6 Å². The van der Waals surface area contributed by atoms with Crippen LogP contribution in [0.1, 0.15) is 17.0 Å². The minimum absolute atomic E-state index is 0.424. The van der Waals surface area contributed by atoms with Crippen molar-refractivity contribution in [3.8, 4) is 5.69 Å². The van der Waals surface area contributed by atoms with Crippen molar-refractivity contribution in [2.24, 2.45) is 0 Å². The molecule has 0 spiro atoms. The third-order valence-corrected chi connectivity index (χ3v) is 3.16. The lowest BCUT2D eigenvalue weighted by Crippen LogP contribution is -1.99. The molecule has 0 saturated carbocycles. The summed E-state index contributed by atoms with van der Waals surface area (Å²) in [5, 5.41) is 5.15. The Morgan fingerprint density at radius 1 is 1.25 bits per heavy atom. The maximum absolute atomic E-state index is 6.09. The monoisotopic (exact) mass is 254 g/mol. The van der Waals surface area contributed by atoms with Crippen molar-refractivity contribution in [1.82, 2.24) is 9.78 Å². The van der Waals surface area contributed by atoms with E-state index < -0.39 is 0 Å². The molecule has 0 aliphatic rings. The minimum atomic E-state index is 0.424. The highest BCUT2D eigenvalue weighted by Gasteiger charge is 2.06. The number of halogens is 2. The molecule has 0 saturated heterocycles. The molecule has 0 fully saturated rings. The number of aromatic nitrogens is 2. The second-order valence-electron chi connectivity index (χ2n) is 3.76. The van der Waals surface area contributed by atoms with Crippen molar-refractivity contribution in [1.29, 1.82) is 0 Å². The fourth-order valence-corrected chi connectivity index (χ4v) is 1.88. The summed E-state index contributed by atoms with van der Waals surface area (Å²) in [5.41, 5.74) is 3.95. The highest BCUT2D eigenvalue weighted by molar-refractivity contribution is 6.31. The Morgan fingerprint density at radius 2 is 2.00 bits per heavy atom. The largest absolute Gasteiger partial charge is 0.238 e. The molecule has 2 rings (SSSR count). The van der Waals surface area contributed by atoms with Gasteiger partial charge in [0.15, 0.2) is 0 Å². The smallest absolute Gasteiger partial charge is 0.0779 e. The molecule has 0 atom stereocenters. The van der Waals surface area contributed by atoms with Gasteiger partial charge in [-0.1, -0.05) is 17.7 Å². The molecule has 1 aromatic heterocycles. The number of rotatable bonds is 2. The molecular weight excluding hydrogens is 243 g/mol. The van der Waals surface area contributed by atoms with Crippen LogP contribution in [0.5, 0.6) is 0 Å². The maximum Gasteiger partial charge on any atom is 0.0779 e. The lowest BCUT2D eigenvalue weighted by Gasteiger charge is -2.06. The van der Waals surface area contributed by atoms with Gasteiger partial charge < -0.3 is 0 Å². The van der Waals surface area contributed by atoms with Gasteiger partial charge in [0.1, 0.15) is 0 Å². The number of aryl methyl sites for hydroxylation is 2. The van der Waals surface area contributed by atoms with E-state index in [0.29, 0.717) is 5.88 Å². The van der Waals surface area contributed by atoms with Crippen LogP contribution in [-0.4, -0.2) is 9.78 Å². The minimum Gasteiger partial charge on any atom is -0.238 e. The van der Waals surface area contributed by atoms with Gasteiger partial charge in [0.05, 0.1) is 17.3 Å². The molecule has 2 aromatic rings. The number of nitrogens with zero attached hydrogens (tertiary/aromatic N) is 2. The van der Waals surface area contributed by atoms with Gasteiger partial charge in [-0.25, -0.2) is 4.68 Å². The summed E-state index contributed by atoms with van der Waals surface area (Å²) in [6.45, 7) is 3.98. The first-order chi connectivity index (χ1) is 7.61. The summed E-state index contributed by atoms with van der Waals surface area (Å²) in [5.74, 6) is 0.424. The second kappa shape index (κ2) is 4.48. The van der Waals surface area contributed by atoms with E-state index in [-0.39, 0.29) is 0 Å². The third-order valence-electron chi connectivity index (χ3n) is 2.47. The first-order valence-corrected chi connectivity index (χ1v) is 5.91. The summed E-state index contributed by atoms with van der Waals surface area (Å²) in [6.07, 6.45) is 0. The van der Waals surface area contributed by atoms with Crippen molar-refractivity contribution in [3.63, 3.8) is 0 Å². The standard InChI is InChI=1S/C12H12Cl2N2/c1-8-3-4-11(6-12(8)14)16-9(2)5-10(7-13)15-16/h3-6H,7H2,1-2H3.